The van der Waals surface area contributed by atoms with E-state index in [1.54, 1.807) is 20.8 Å². The Bertz CT molecular complexity index is 533. The Hall–Kier alpha value is -1.76. The van der Waals surface area contributed by atoms with Crippen LogP contribution >= 0.6 is 0 Å². The highest BCUT2D eigenvalue weighted by Gasteiger charge is 2.41. The standard InChI is InChI=1S/C15H19F3O4/c1-5-21-13(20)12(22-14(2,3)4)11-9(15(16,17)18)7-6-8-10(11)19/h6-8,12,19H,5H2,1-4H3. The van der Waals surface area contributed by atoms with Crippen LogP contribution < -0.4 is 0 Å². The second-order valence-corrected chi connectivity index (χ2v) is 5.60. The highest BCUT2D eigenvalue weighted by Crippen LogP contribution is 2.41. The molecule has 1 unspecified atom stereocenters. The van der Waals surface area contributed by atoms with Crippen LogP contribution in [0.25, 0.3) is 0 Å². The minimum absolute atomic E-state index is 0.0161. The van der Waals surface area contributed by atoms with Gasteiger partial charge in [-0.25, -0.2) is 4.79 Å². The molecule has 1 aromatic carbocycles. The summed E-state index contributed by atoms with van der Waals surface area (Å²) >= 11 is 0. The van der Waals surface area contributed by atoms with Gasteiger partial charge in [-0.2, -0.15) is 13.2 Å². The largest absolute Gasteiger partial charge is 0.508 e. The molecular weight excluding hydrogens is 301 g/mol. The number of carbonyl (C=O) groups excluding carboxylic acids is 1. The van der Waals surface area contributed by atoms with E-state index in [0.29, 0.717) is 0 Å². The number of halogens is 3. The summed E-state index contributed by atoms with van der Waals surface area (Å²) in [6, 6.07) is 2.91. The van der Waals surface area contributed by atoms with Crippen LogP contribution in [-0.4, -0.2) is 23.3 Å². The molecular formula is C15H19F3O4. The molecule has 7 heteroatoms. The quantitative estimate of drug-likeness (QED) is 0.857. The van der Waals surface area contributed by atoms with Crippen LogP contribution in [0.1, 0.15) is 44.9 Å². The molecule has 0 saturated heterocycles. The summed E-state index contributed by atoms with van der Waals surface area (Å²) in [5, 5.41) is 9.85. The van der Waals surface area contributed by atoms with Crippen LogP contribution in [0, 0.1) is 0 Å². The Morgan fingerprint density at radius 3 is 2.32 bits per heavy atom. The molecule has 0 aliphatic carbocycles. The Morgan fingerprint density at radius 1 is 1.27 bits per heavy atom. The van der Waals surface area contributed by atoms with E-state index in [4.69, 9.17) is 9.47 Å². The van der Waals surface area contributed by atoms with Crippen molar-refractivity contribution in [2.75, 3.05) is 6.61 Å². The third-order valence-corrected chi connectivity index (χ3v) is 2.62. The van der Waals surface area contributed by atoms with Crippen molar-refractivity contribution in [3.63, 3.8) is 0 Å². The Morgan fingerprint density at radius 2 is 1.86 bits per heavy atom. The maximum Gasteiger partial charge on any atom is 0.416 e. The van der Waals surface area contributed by atoms with Gasteiger partial charge in [-0.15, -0.1) is 0 Å². The van der Waals surface area contributed by atoms with Gasteiger partial charge in [-0.3, -0.25) is 0 Å². The first-order valence-corrected chi connectivity index (χ1v) is 6.71. The lowest BCUT2D eigenvalue weighted by Crippen LogP contribution is -2.30. The number of phenols is 1. The maximum absolute atomic E-state index is 13.2. The van der Waals surface area contributed by atoms with Crippen LogP contribution in [0.3, 0.4) is 0 Å². The number of hydrogen-bond acceptors (Lipinski definition) is 4. The fraction of sp³-hybridized carbons (Fsp3) is 0.533. The summed E-state index contributed by atoms with van der Waals surface area (Å²) < 4.78 is 49.7. The molecule has 0 fully saturated rings. The van der Waals surface area contributed by atoms with Crippen molar-refractivity contribution in [2.24, 2.45) is 0 Å². The zero-order valence-electron chi connectivity index (χ0n) is 12.8. The average Bonchev–Trinajstić information content (AvgIpc) is 2.34. The van der Waals surface area contributed by atoms with E-state index in [0.717, 1.165) is 18.2 Å². The molecule has 1 rings (SSSR count). The van der Waals surface area contributed by atoms with Gasteiger partial charge in [-0.1, -0.05) is 6.07 Å². The SMILES string of the molecule is CCOC(=O)C(OC(C)(C)C)c1c(O)cccc1C(F)(F)F. The number of alkyl halides is 3. The Labute approximate surface area is 126 Å². The predicted octanol–water partition coefficient (Wildman–Crippen LogP) is 3.83. The third-order valence-electron chi connectivity index (χ3n) is 2.62. The van der Waals surface area contributed by atoms with E-state index in [2.05, 4.69) is 0 Å². The topological polar surface area (TPSA) is 55.8 Å². The molecule has 22 heavy (non-hydrogen) atoms. The number of phenolic OH excluding ortho intramolecular Hbond substituents is 1. The molecule has 0 heterocycles. The van der Waals surface area contributed by atoms with Crippen LogP contribution in [-0.2, 0) is 20.4 Å². The minimum Gasteiger partial charge on any atom is -0.508 e. The van der Waals surface area contributed by atoms with Gasteiger partial charge in [0.15, 0.2) is 6.10 Å². The van der Waals surface area contributed by atoms with E-state index < -0.39 is 40.7 Å². The van der Waals surface area contributed by atoms with Crippen molar-refractivity contribution in [2.45, 2.75) is 45.6 Å². The van der Waals surface area contributed by atoms with Crippen molar-refractivity contribution in [1.82, 2.24) is 0 Å². The lowest BCUT2D eigenvalue weighted by Gasteiger charge is -2.28. The first-order valence-electron chi connectivity index (χ1n) is 6.71. The number of benzene rings is 1. The van der Waals surface area contributed by atoms with Gasteiger partial charge in [0.05, 0.1) is 17.8 Å². The predicted molar refractivity (Wildman–Crippen MR) is 73.3 cm³/mol. The third kappa shape index (κ3) is 4.62. The molecule has 4 nitrogen and oxygen atoms in total. The van der Waals surface area contributed by atoms with Crippen LogP contribution in [0.2, 0.25) is 0 Å². The zero-order chi connectivity index (χ0) is 17.1. The van der Waals surface area contributed by atoms with Crippen molar-refractivity contribution < 1.29 is 32.5 Å². The summed E-state index contributed by atoms with van der Waals surface area (Å²) in [5.41, 5.74) is -2.68. The first kappa shape index (κ1) is 18.3. The summed E-state index contributed by atoms with van der Waals surface area (Å²) in [7, 11) is 0. The van der Waals surface area contributed by atoms with E-state index in [9.17, 15) is 23.1 Å². The monoisotopic (exact) mass is 320 g/mol. The summed E-state index contributed by atoms with van der Waals surface area (Å²) in [6.07, 6.45) is -6.40. The molecule has 0 spiro atoms. The van der Waals surface area contributed by atoms with Crippen molar-refractivity contribution in [1.29, 1.82) is 0 Å². The number of esters is 1. The zero-order valence-corrected chi connectivity index (χ0v) is 12.8. The van der Waals surface area contributed by atoms with Crippen LogP contribution in [0.5, 0.6) is 5.75 Å². The van der Waals surface area contributed by atoms with Crippen molar-refractivity contribution in [3.05, 3.63) is 29.3 Å². The second kappa shape index (κ2) is 6.56. The van der Waals surface area contributed by atoms with E-state index in [-0.39, 0.29) is 6.61 Å². The molecule has 1 aromatic rings. The molecule has 0 aromatic heterocycles. The maximum atomic E-state index is 13.2. The molecule has 0 bridgehead atoms. The molecule has 0 radical (unpaired) electrons. The van der Waals surface area contributed by atoms with Crippen molar-refractivity contribution in [3.8, 4) is 5.75 Å². The highest BCUT2D eigenvalue weighted by atomic mass is 19.4. The fourth-order valence-electron chi connectivity index (χ4n) is 1.87. The smallest absolute Gasteiger partial charge is 0.416 e. The fourth-order valence-corrected chi connectivity index (χ4v) is 1.87. The second-order valence-electron chi connectivity index (χ2n) is 5.60. The molecule has 1 N–H and O–H groups in total. The molecule has 0 amide bonds. The van der Waals surface area contributed by atoms with Crippen molar-refractivity contribution >= 4 is 5.97 Å². The van der Waals surface area contributed by atoms with E-state index in [1.807, 2.05) is 0 Å². The minimum atomic E-state index is -4.74. The lowest BCUT2D eigenvalue weighted by molar-refractivity contribution is -0.169. The average molecular weight is 320 g/mol. The van der Waals surface area contributed by atoms with Gasteiger partial charge < -0.3 is 14.6 Å². The van der Waals surface area contributed by atoms with Crippen LogP contribution in [0.4, 0.5) is 13.2 Å². The summed E-state index contributed by atoms with van der Waals surface area (Å²) in [5.74, 6) is -1.65. The summed E-state index contributed by atoms with van der Waals surface area (Å²) in [6.45, 7) is 6.28. The van der Waals surface area contributed by atoms with Gasteiger partial charge in [0.25, 0.3) is 0 Å². The van der Waals surface area contributed by atoms with E-state index >= 15 is 0 Å². The summed E-state index contributed by atoms with van der Waals surface area (Å²) in [4.78, 5) is 12.0. The highest BCUT2D eigenvalue weighted by molar-refractivity contribution is 5.78. The number of ether oxygens (including phenoxy) is 2. The molecule has 0 aliphatic rings. The van der Waals surface area contributed by atoms with Gasteiger partial charge in [-0.05, 0) is 39.8 Å². The molecule has 1 atom stereocenters. The lowest BCUT2D eigenvalue weighted by atomic mass is 9.99. The number of aromatic hydroxyl groups is 1. The first-order chi connectivity index (χ1) is 9.97. The number of hydrogen-bond donors (Lipinski definition) is 1. The van der Waals surface area contributed by atoms with Gasteiger partial charge in [0, 0.05) is 5.56 Å². The normalized spacial score (nSPS) is 13.8. The molecule has 0 aliphatic heterocycles. The van der Waals surface area contributed by atoms with Gasteiger partial charge in [0.2, 0.25) is 0 Å². The number of carbonyl (C=O) groups is 1. The Kier molecular flexibility index (Phi) is 5.45. The van der Waals surface area contributed by atoms with Crippen LogP contribution in [0.15, 0.2) is 18.2 Å². The van der Waals surface area contributed by atoms with E-state index in [1.165, 1.54) is 6.92 Å². The van der Waals surface area contributed by atoms with Gasteiger partial charge >= 0.3 is 12.1 Å². The van der Waals surface area contributed by atoms with Gasteiger partial charge in [0.1, 0.15) is 5.75 Å². The molecule has 124 valence electrons. The number of rotatable bonds is 4. The molecule has 0 saturated carbocycles. The Balaban J connectivity index is 3.45.